The van der Waals surface area contributed by atoms with Crippen LogP contribution in [0.2, 0.25) is 0 Å². The molecule has 4 rings (SSSR count). The molecule has 4 saturated carbocycles. The Morgan fingerprint density at radius 1 is 0.900 bits per heavy atom. The highest BCUT2D eigenvalue weighted by Crippen LogP contribution is 2.59. The maximum atomic E-state index is 9.49. The highest BCUT2D eigenvalue weighted by Gasteiger charge is 2.55. The second-order valence-corrected chi connectivity index (χ2v) is 4.39. The lowest BCUT2D eigenvalue weighted by molar-refractivity contribution is -0.00135. The lowest BCUT2D eigenvalue weighted by Crippen LogP contribution is -2.35. The molecule has 0 saturated heterocycles. The molecule has 10 heavy (non-hydrogen) atoms. The Bertz CT molecular complexity index is 162. The second-order valence-electron chi connectivity index (χ2n) is 4.39. The normalized spacial score (nSPS) is 58.5. The van der Waals surface area contributed by atoms with Crippen LogP contribution in [0.5, 0.6) is 0 Å². The Hall–Kier alpha value is -0.0400. The van der Waals surface area contributed by atoms with Crippen LogP contribution in [0.1, 0.15) is 25.7 Å². The van der Waals surface area contributed by atoms with Gasteiger partial charge < -0.3 is 5.11 Å². The molecule has 4 atom stereocenters. The average molecular weight is 138 g/mol. The summed E-state index contributed by atoms with van der Waals surface area (Å²) in [5.74, 6) is 3.43. The molecule has 4 aliphatic carbocycles. The molecule has 0 aromatic carbocycles. The van der Waals surface area contributed by atoms with E-state index in [4.69, 9.17) is 0 Å². The van der Waals surface area contributed by atoms with Crippen LogP contribution >= 0.6 is 0 Å². The minimum absolute atomic E-state index is 0.116. The predicted molar refractivity (Wildman–Crippen MR) is 38.4 cm³/mol. The predicted octanol–water partition coefficient (Wildman–Crippen LogP) is 1.41. The molecular weight excluding hydrogens is 124 g/mol. The second kappa shape index (κ2) is 1.58. The van der Waals surface area contributed by atoms with E-state index >= 15 is 0 Å². The summed E-state index contributed by atoms with van der Waals surface area (Å²) in [7, 11) is 0. The van der Waals surface area contributed by atoms with Crippen molar-refractivity contribution in [3.63, 3.8) is 0 Å². The fourth-order valence-corrected chi connectivity index (χ4v) is 3.04. The quantitative estimate of drug-likeness (QED) is 0.581. The number of fused-ring (bicyclic) bond motifs is 1. The fraction of sp³-hybridized carbons (Fsp3) is 1.00. The Morgan fingerprint density at radius 2 is 1.60 bits per heavy atom. The van der Waals surface area contributed by atoms with E-state index in [0.29, 0.717) is 0 Å². The van der Waals surface area contributed by atoms with Gasteiger partial charge in [-0.25, -0.2) is 0 Å². The standard InChI is InChI=1S/C9H14O/c10-9-6-3-7(5-1-2-5)8(9)4-6/h5-10H,1-4H2. The summed E-state index contributed by atoms with van der Waals surface area (Å²) in [5, 5.41) is 9.49. The van der Waals surface area contributed by atoms with Crippen LogP contribution < -0.4 is 0 Å². The van der Waals surface area contributed by atoms with Crippen LogP contribution in [0.3, 0.4) is 0 Å². The van der Waals surface area contributed by atoms with Crippen LogP contribution in [0.25, 0.3) is 0 Å². The van der Waals surface area contributed by atoms with E-state index in [9.17, 15) is 5.11 Å². The fourth-order valence-electron chi connectivity index (χ4n) is 3.04. The van der Waals surface area contributed by atoms with Gasteiger partial charge in [0.15, 0.2) is 0 Å². The monoisotopic (exact) mass is 138 g/mol. The van der Waals surface area contributed by atoms with Crippen LogP contribution in [-0.4, -0.2) is 11.2 Å². The summed E-state index contributed by atoms with van der Waals surface area (Å²) in [6.45, 7) is 0. The highest BCUT2D eigenvalue weighted by molar-refractivity contribution is 5.05. The van der Waals surface area contributed by atoms with Crippen molar-refractivity contribution in [3.8, 4) is 0 Å². The number of rotatable bonds is 1. The third kappa shape index (κ3) is 0.531. The summed E-state index contributed by atoms with van der Waals surface area (Å²) in [6.07, 6.45) is 5.74. The third-order valence-corrected chi connectivity index (χ3v) is 3.85. The van der Waals surface area contributed by atoms with Gasteiger partial charge in [-0.1, -0.05) is 0 Å². The van der Waals surface area contributed by atoms with E-state index in [-0.39, 0.29) is 6.10 Å². The molecular formula is C9H14O. The van der Waals surface area contributed by atoms with Crippen molar-refractivity contribution in [2.45, 2.75) is 31.8 Å². The minimum Gasteiger partial charge on any atom is -0.393 e. The number of hydrogen-bond acceptors (Lipinski definition) is 1. The first-order valence-electron chi connectivity index (χ1n) is 4.54. The van der Waals surface area contributed by atoms with Gasteiger partial charge in [-0.3, -0.25) is 0 Å². The molecule has 0 spiro atoms. The van der Waals surface area contributed by atoms with Gasteiger partial charge in [-0.05, 0) is 49.4 Å². The summed E-state index contributed by atoms with van der Waals surface area (Å²) < 4.78 is 0. The molecule has 1 N–H and O–H groups in total. The third-order valence-electron chi connectivity index (χ3n) is 3.85. The van der Waals surface area contributed by atoms with Gasteiger partial charge in [-0.15, -0.1) is 0 Å². The van der Waals surface area contributed by atoms with Crippen LogP contribution in [0.15, 0.2) is 0 Å². The van der Waals surface area contributed by atoms with Crippen molar-refractivity contribution < 1.29 is 5.11 Å². The lowest BCUT2D eigenvalue weighted by atomic mass is 9.78. The van der Waals surface area contributed by atoms with E-state index < -0.39 is 0 Å². The van der Waals surface area contributed by atoms with Gasteiger partial charge in [0.25, 0.3) is 0 Å². The zero-order valence-corrected chi connectivity index (χ0v) is 6.16. The Labute approximate surface area is 61.4 Å². The summed E-state index contributed by atoms with van der Waals surface area (Å²) in [5.41, 5.74) is 0. The van der Waals surface area contributed by atoms with Gasteiger partial charge in [-0.2, -0.15) is 0 Å². The van der Waals surface area contributed by atoms with Crippen LogP contribution in [-0.2, 0) is 0 Å². The van der Waals surface area contributed by atoms with E-state index in [1.54, 1.807) is 0 Å². The van der Waals surface area contributed by atoms with Crippen molar-refractivity contribution in [1.82, 2.24) is 0 Å². The average Bonchev–Trinajstić information content (AvgIpc) is 2.62. The summed E-state index contributed by atoms with van der Waals surface area (Å²) in [4.78, 5) is 0. The van der Waals surface area contributed by atoms with Crippen molar-refractivity contribution >= 4 is 0 Å². The summed E-state index contributed by atoms with van der Waals surface area (Å²) in [6, 6.07) is 0. The Morgan fingerprint density at radius 3 is 2.00 bits per heavy atom. The highest BCUT2D eigenvalue weighted by atomic mass is 16.3. The van der Waals surface area contributed by atoms with Crippen molar-refractivity contribution in [3.05, 3.63) is 0 Å². The van der Waals surface area contributed by atoms with Crippen molar-refractivity contribution in [1.29, 1.82) is 0 Å². The SMILES string of the molecule is OC1C2CC(C3CC3)C1C2. The molecule has 0 aromatic rings. The van der Waals surface area contributed by atoms with Gasteiger partial charge >= 0.3 is 0 Å². The molecule has 4 unspecified atom stereocenters. The van der Waals surface area contributed by atoms with Crippen molar-refractivity contribution in [2.24, 2.45) is 23.7 Å². The van der Waals surface area contributed by atoms with E-state index in [0.717, 1.165) is 23.7 Å². The largest absolute Gasteiger partial charge is 0.393 e. The van der Waals surface area contributed by atoms with Crippen LogP contribution in [0, 0.1) is 23.7 Å². The minimum atomic E-state index is 0.116. The van der Waals surface area contributed by atoms with Gasteiger partial charge in [0.1, 0.15) is 0 Å². The van der Waals surface area contributed by atoms with Crippen molar-refractivity contribution in [2.75, 3.05) is 0 Å². The van der Waals surface area contributed by atoms with Crippen LogP contribution in [0.4, 0.5) is 0 Å². The maximum Gasteiger partial charge on any atom is 0.0599 e. The molecule has 0 amide bonds. The molecule has 0 aliphatic heterocycles. The Kier molecular flexibility index (Phi) is 0.883. The van der Waals surface area contributed by atoms with Gasteiger partial charge in [0, 0.05) is 0 Å². The van der Waals surface area contributed by atoms with E-state index in [2.05, 4.69) is 0 Å². The smallest absolute Gasteiger partial charge is 0.0599 e. The maximum absolute atomic E-state index is 9.49. The molecule has 0 aromatic heterocycles. The molecule has 56 valence electrons. The molecule has 4 aliphatic rings. The molecule has 0 heterocycles. The summed E-state index contributed by atoms with van der Waals surface area (Å²) >= 11 is 0. The molecule has 2 bridgehead atoms. The number of aliphatic hydroxyl groups excluding tert-OH is 1. The van der Waals surface area contributed by atoms with Gasteiger partial charge in [0.2, 0.25) is 0 Å². The van der Waals surface area contributed by atoms with Gasteiger partial charge in [0.05, 0.1) is 6.10 Å². The first-order valence-corrected chi connectivity index (χ1v) is 4.54. The zero-order chi connectivity index (χ0) is 6.72. The molecule has 0 radical (unpaired) electrons. The lowest BCUT2D eigenvalue weighted by Gasteiger charge is -2.32. The van der Waals surface area contributed by atoms with E-state index in [1.807, 2.05) is 0 Å². The Balaban J connectivity index is 1.78. The van der Waals surface area contributed by atoms with E-state index in [1.165, 1.54) is 25.7 Å². The number of aliphatic hydroxyl groups is 1. The topological polar surface area (TPSA) is 20.2 Å². The molecule has 4 fully saturated rings. The number of hydrogen-bond donors (Lipinski definition) is 1. The zero-order valence-electron chi connectivity index (χ0n) is 6.16. The first-order chi connectivity index (χ1) is 4.86. The first kappa shape index (κ1) is 5.59. The molecule has 1 heteroatoms. The molecule has 1 nitrogen and oxygen atoms in total.